The molecule has 0 spiro atoms. The molecule has 2 heterocycles. The van der Waals surface area contributed by atoms with Crippen LogP contribution in [-0.2, 0) is 4.74 Å². The number of ether oxygens (including phenoxy) is 1. The quantitative estimate of drug-likeness (QED) is 0.787. The van der Waals surface area contributed by atoms with Gasteiger partial charge in [0.25, 0.3) is 0 Å². The van der Waals surface area contributed by atoms with Gasteiger partial charge in [-0.3, -0.25) is 0 Å². The summed E-state index contributed by atoms with van der Waals surface area (Å²) in [6, 6.07) is 8.46. The molecule has 0 N–H and O–H groups in total. The molecular weight excluding hydrogens is 320 g/mol. The van der Waals surface area contributed by atoms with Crippen LogP contribution >= 0.6 is 11.8 Å². The van der Waals surface area contributed by atoms with Crippen LogP contribution in [-0.4, -0.2) is 59.9 Å². The van der Waals surface area contributed by atoms with Gasteiger partial charge in [-0.05, 0) is 43.1 Å². The lowest BCUT2D eigenvalue weighted by atomic mass is 10.2. The van der Waals surface area contributed by atoms with E-state index in [1.807, 2.05) is 6.92 Å². The van der Waals surface area contributed by atoms with Crippen LogP contribution in [0.5, 0.6) is 0 Å². The van der Waals surface area contributed by atoms with Gasteiger partial charge in [0.1, 0.15) is 13.1 Å². The Morgan fingerprint density at radius 2 is 1.83 bits per heavy atom. The maximum atomic E-state index is 5.41. The van der Waals surface area contributed by atoms with Crippen molar-refractivity contribution in [3.8, 4) is 0 Å². The van der Waals surface area contributed by atoms with Gasteiger partial charge in [0.05, 0.1) is 18.9 Å². The summed E-state index contributed by atoms with van der Waals surface area (Å²) in [4.78, 5) is 11.8. The molecule has 0 aromatic heterocycles. The first kappa shape index (κ1) is 17.2. The molecule has 1 fully saturated rings. The molecule has 0 amide bonds. The maximum absolute atomic E-state index is 5.41. The highest BCUT2D eigenvalue weighted by molar-refractivity contribution is 8.28. The van der Waals surface area contributed by atoms with Gasteiger partial charge in [-0.1, -0.05) is 0 Å². The highest BCUT2D eigenvalue weighted by Crippen LogP contribution is 2.25. The topological polar surface area (TPSA) is 40.2 Å². The molecule has 1 aromatic rings. The van der Waals surface area contributed by atoms with Gasteiger partial charge in [0, 0.05) is 37.5 Å². The Hall–Kier alpha value is -1.66. The van der Waals surface area contributed by atoms with Gasteiger partial charge in [-0.25, -0.2) is 9.57 Å². The second-order valence-electron chi connectivity index (χ2n) is 5.79. The third kappa shape index (κ3) is 3.87. The van der Waals surface area contributed by atoms with Crippen molar-refractivity contribution in [3.05, 3.63) is 24.3 Å². The Balaban J connectivity index is 1.76. The maximum Gasteiger partial charge on any atom is 0.361 e. The van der Waals surface area contributed by atoms with E-state index >= 15 is 0 Å². The van der Waals surface area contributed by atoms with E-state index in [1.165, 1.54) is 5.69 Å². The fraction of sp³-hybridized carbons (Fsp3) is 0.500. The number of anilines is 1. The average molecular weight is 345 g/mol. The molecule has 2 aliphatic heterocycles. The van der Waals surface area contributed by atoms with Crippen molar-refractivity contribution < 1.29 is 9.31 Å². The number of amidine groups is 1. The predicted octanol–water partition coefficient (Wildman–Crippen LogP) is 3.17. The summed E-state index contributed by atoms with van der Waals surface area (Å²) in [5, 5.41) is 2.04. The molecule has 0 unspecified atom stereocenters. The molecule has 0 radical (unpaired) electrons. The first-order chi connectivity index (χ1) is 11.7. The minimum absolute atomic E-state index is 0.776. The van der Waals surface area contributed by atoms with E-state index in [-0.39, 0.29) is 0 Å². The van der Waals surface area contributed by atoms with Crippen molar-refractivity contribution in [1.29, 1.82) is 0 Å². The summed E-state index contributed by atoms with van der Waals surface area (Å²) >= 11 is 1.66. The van der Waals surface area contributed by atoms with Crippen LogP contribution in [0, 0.1) is 0 Å². The lowest BCUT2D eigenvalue weighted by Crippen LogP contribution is -2.31. The van der Waals surface area contributed by atoms with Crippen molar-refractivity contribution in [3.63, 3.8) is 0 Å². The number of aliphatic imine (C=N–C) groups is 2. The summed E-state index contributed by atoms with van der Waals surface area (Å²) < 4.78 is 7.69. The summed E-state index contributed by atoms with van der Waals surface area (Å²) in [7, 11) is 0. The summed E-state index contributed by atoms with van der Waals surface area (Å²) in [6.45, 7) is 11.8. The molecule has 3 rings (SSSR count). The fourth-order valence-corrected chi connectivity index (χ4v) is 3.82. The molecule has 0 bridgehead atoms. The molecule has 1 aromatic carbocycles. The zero-order chi connectivity index (χ0) is 16.9. The highest BCUT2D eigenvalue weighted by Gasteiger charge is 2.30. The van der Waals surface area contributed by atoms with Crippen molar-refractivity contribution in [2.24, 2.45) is 9.98 Å². The Morgan fingerprint density at radius 3 is 2.46 bits per heavy atom. The van der Waals surface area contributed by atoms with E-state index in [9.17, 15) is 0 Å². The normalized spacial score (nSPS) is 19.8. The predicted molar refractivity (Wildman–Crippen MR) is 104 cm³/mol. The molecule has 0 saturated carbocycles. The van der Waals surface area contributed by atoms with Crippen LogP contribution in [0.15, 0.2) is 34.3 Å². The van der Waals surface area contributed by atoms with Crippen LogP contribution in [0.3, 0.4) is 0 Å². The van der Waals surface area contributed by atoms with Gasteiger partial charge < -0.3 is 9.64 Å². The third-order valence-corrected chi connectivity index (χ3v) is 5.36. The number of benzene rings is 1. The van der Waals surface area contributed by atoms with E-state index < -0.39 is 0 Å². The second kappa shape index (κ2) is 7.94. The van der Waals surface area contributed by atoms with Gasteiger partial charge in [0.15, 0.2) is 10.8 Å². The molecule has 1 saturated heterocycles. The molecular formula is C18H25N4OS+. The summed E-state index contributed by atoms with van der Waals surface area (Å²) in [5.74, 6) is 0. The highest BCUT2D eigenvalue weighted by atomic mass is 32.2. The molecule has 2 aliphatic rings. The molecule has 5 nitrogen and oxygen atoms in total. The Kier molecular flexibility index (Phi) is 5.68. The largest absolute Gasteiger partial charge is 0.373 e. The Labute approximate surface area is 148 Å². The zero-order valence-corrected chi connectivity index (χ0v) is 15.5. The number of nitrogens with zero attached hydrogens (tertiary/aromatic N) is 4. The first-order valence-corrected chi connectivity index (χ1v) is 9.39. The number of rotatable bonds is 4. The Morgan fingerprint density at radius 1 is 1.17 bits per heavy atom. The SMILES string of the molecule is CCN(CC)c1ccc(/N=C2/SC(=[N+]3CCOCC3)N=C2C)cc1. The van der Waals surface area contributed by atoms with Crippen molar-refractivity contribution >= 4 is 39.1 Å². The Bertz CT molecular complexity index is 667. The zero-order valence-electron chi connectivity index (χ0n) is 14.7. The van der Waals surface area contributed by atoms with Crippen LogP contribution in [0.4, 0.5) is 11.4 Å². The third-order valence-electron chi connectivity index (χ3n) is 4.25. The van der Waals surface area contributed by atoms with Gasteiger partial charge in [-0.15, -0.1) is 0 Å². The van der Waals surface area contributed by atoms with Crippen molar-refractivity contribution in [1.82, 2.24) is 0 Å². The minimum atomic E-state index is 0.776. The van der Waals surface area contributed by atoms with E-state index in [0.29, 0.717) is 0 Å². The number of thioether (sulfide) groups is 1. The molecule has 128 valence electrons. The van der Waals surface area contributed by atoms with Gasteiger partial charge >= 0.3 is 5.17 Å². The van der Waals surface area contributed by atoms with Crippen LogP contribution in [0.1, 0.15) is 20.8 Å². The van der Waals surface area contributed by atoms with E-state index in [4.69, 9.17) is 9.73 Å². The van der Waals surface area contributed by atoms with Crippen LogP contribution in [0.2, 0.25) is 0 Å². The van der Waals surface area contributed by atoms with Crippen molar-refractivity contribution in [2.75, 3.05) is 44.3 Å². The average Bonchev–Trinajstić information content (AvgIpc) is 2.99. The fourth-order valence-electron chi connectivity index (χ4n) is 2.81. The molecule has 6 heteroatoms. The van der Waals surface area contributed by atoms with Crippen LogP contribution in [0.25, 0.3) is 0 Å². The first-order valence-electron chi connectivity index (χ1n) is 8.58. The standard InChI is InChI=1S/C18H25N4OS/c1-4-21(5-2)16-8-6-15(7-9-16)20-17-14(3)19-18(24-17)22-10-12-23-13-11-22/h6-9H,4-5,10-13H2,1-3H3/q+1. The second-order valence-corrected chi connectivity index (χ2v) is 6.74. The smallest absolute Gasteiger partial charge is 0.361 e. The molecule has 0 atom stereocenters. The number of hydrogen-bond acceptors (Lipinski definition) is 4. The summed E-state index contributed by atoms with van der Waals surface area (Å²) in [6.07, 6.45) is 0. The van der Waals surface area contributed by atoms with E-state index in [1.54, 1.807) is 11.8 Å². The van der Waals surface area contributed by atoms with E-state index in [0.717, 1.165) is 61.0 Å². The van der Waals surface area contributed by atoms with Crippen LogP contribution < -0.4 is 4.90 Å². The minimum Gasteiger partial charge on any atom is -0.373 e. The summed E-state index contributed by atoms with van der Waals surface area (Å²) in [5.41, 5.74) is 3.22. The van der Waals surface area contributed by atoms with Gasteiger partial charge in [0.2, 0.25) is 0 Å². The lowest BCUT2D eigenvalue weighted by Gasteiger charge is -2.20. The van der Waals surface area contributed by atoms with Gasteiger partial charge in [-0.2, -0.15) is 0 Å². The molecule has 24 heavy (non-hydrogen) atoms. The monoisotopic (exact) mass is 345 g/mol. The lowest BCUT2D eigenvalue weighted by molar-refractivity contribution is -0.547. The van der Waals surface area contributed by atoms with E-state index in [2.05, 4.69) is 52.6 Å². The number of hydrogen-bond donors (Lipinski definition) is 0. The van der Waals surface area contributed by atoms with Crippen molar-refractivity contribution in [2.45, 2.75) is 20.8 Å². The molecule has 0 aliphatic carbocycles. The number of morpholine rings is 1.